The maximum absolute atomic E-state index is 13.1. The third kappa shape index (κ3) is 4.70. The number of benzene rings is 1. The van der Waals surface area contributed by atoms with Gasteiger partial charge in [-0.3, -0.25) is 9.69 Å². The van der Waals surface area contributed by atoms with Crippen LogP contribution in [-0.4, -0.2) is 17.5 Å². The van der Waals surface area contributed by atoms with Crippen LogP contribution in [0.3, 0.4) is 0 Å². The monoisotopic (exact) mass is 366 g/mol. The topological polar surface area (TPSA) is 42.4 Å². The number of thiophene rings is 1. The number of hydrogen-bond acceptors (Lipinski definition) is 4. The van der Waals surface area contributed by atoms with Crippen LogP contribution in [-0.2, 0) is 6.54 Å². The summed E-state index contributed by atoms with van der Waals surface area (Å²) in [7, 11) is 0. The minimum Gasteiger partial charge on any atom is -0.493 e. The van der Waals surface area contributed by atoms with Crippen molar-refractivity contribution in [1.82, 2.24) is 4.98 Å². The van der Waals surface area contributed by atoms with Gasteiger partial charge in [0.05, 0.1) is 13.2 Å². The van der Waals surface area contributed by atoms with Crippen LogP contribution >= 0.6 is 11.3 Å². The first-order valence-corrected chi connectivity index (χ1v) is 9.49. The van der Waals surface area contributed by atoms with Crippen molar-refractivity contribution in [2.75, 3.05) is 11.5 Å². The minimum absolute atomic E-state index is 0.0764. The van der Waals surface area contributed by atoms with Crippen molar-refractivity contribution < 1.29 is 9.53 Å². The maximum Gasteiger partial charge on any atom is 0.259 e. The second-order valence-electron chi connectivity index (χ2n) is 6.39. The van der Waals surface area contributed by atoms with Gasteiger partial charge in [0.15, 0.2) is 0 Å². The average molecular weight is 366 g/mol. The summed E-state index contributed by atoms with van der Waals surface area (Å²) in [6, 6.07) is 16.9. The Labute approximate surface area is 158 Å². The van der Waals surface area contributed by atoms with E-state index in [0.717, 1.165) is 10.6 Å². The first-order valence-electron chi connectivity index (χ1n) is 8.61. The predicted octanol–water partition coefficient (Wildman–Crippen LogP) is 5.02. The van der Waals surface area contributed by atoms with E-state index in [4.69, 9.17) is 4.74 Å². The van der Waals surface area contributed by atoms with Gasteiger partial charge in [-0.25, -0.2) is 4.98 Å². The molecule has 0 aliphatic heterocycles. The highest BCUT2D eigenvalue weighted by molar-refractivity contribution is 7.09. The first kappa shape index (κ1) is 18.1. The van der Waals surface area contributed by atoms with Gasteiger partial charge in [-0.15, -0.1) is 11.3 Å². The smallest absolute Gasteiger partial charge is 0.259 e. The average Bonchev–Trinajstić information content (AvgIpc) is 3.18. The van der Waals surface area contributed by atoms with Gasteiger partial charge in [0, 0.05) is 16.6 Å². The van der Waals surface area contributed by atoms with Crippen molar-refractivity contribution in [3.8, 4) is 5.75 Å². The molecular formula is C21H22N2O2S. The number of carbonyl (C=O) groups is 1. The summed E-state index contributed by atoms with van der Waals surface area (Å²) < 4.78 is 5.70. The third-order valence-corrected chi connectivity index (χ3v) is 4.61. The van der Waals surface area contributed by atoms with E-state index in [1.165, 1.54) is 0 Å². The van der Waals surface area contributed by atoms with E-state index >= 15 is 0 Å². The third-order valence-electron chi connectivity index (χ3n) is 3.75. The summed E-state index contributed by atoms with van der Waals surface area (Å²) in [6.07, 6.45) is 1.70. The molecule has 0 atom stereocenters. The molecule has 3 aromatic rings. The van der Waals surface area contributed by atoms with E-state index in [2.05, 4.69) is 18.8 Å². The summed E-state index contributed by atoms with van der Waals surface area (Å²) in [5, 5.41) is 2.01. The minimum atomic E-state index is -0.0764. The Morgan fingerprint density at radius 2 is 1.92 bits per heavy atom. The van der Waals surface area contributed by atoms with Crippen LogP contribution < -0.4 is 9.64 Å². The number of carbonyl (C=O) groups excluding carboxylic acids is 1. The molecular weight excluding hydrogens is 344 g/mol. The van der Waals surface area contributed by atoms with Crippen LogP contribution in [0.15, 0.2) is 66.2 Å². The van der Waals surface area contributed by atoms with Gasteiger partial charge < -0.3 is 4.74 Å². The molecule has 0 saturated carbocycles. The van der Waals surface area contributed by atoms with E-state index < -0.39 is 0 Å². The fraction of sp³-hybridized carbons (Fsp3) is 0.238. The molecule has 2 aromatic heterocycles. The molecule has 5 heteroatoms. The lowest BCUT2D eigenvalue weighted by molar-refractivity contribution is 0.0984. The van der Waals surface area contributed by atoms with Crippen molar-refractivity contribution in [3.05, 3.63) is 76.6 Å². The number of aromatic nitrogens is 1. The Morgan fingerprint density at radius 3 is 2.54 bits per heavy atom. The van der Waals surface area contributed by atoms with Crippen molar-refractivity contribution in [2.24, 2.45) is 5.92 Å². The molecule has 0 spiro atoms. The molecule has 4 nitrogen and oxygen atoms in total. The van der Waals surface area contributed by atoms with Gasteiger partial charge >= 0.3 is 0 Å². The number of pyridine rings is 1. The number of nitrogens with zero attached hydrogens (tertiary/aromatic N) is 2. The second-order valence-corrected chi connectivity index (χ2v) is 7.42. The number of amides is 1. The molecule has 0 N–H and O–H groups in total. The lowest BCUT2D eigenvalue weighted by Crippen LogP contribution is -2.30. The fourth-order valence-corrected chi connectivity index (χ4v) is 3.13. The summed E-state index contributed by atoms with van der Waals surface area (Å²) in [5.74, 6) is 1.80. The zero-order valence-electron chi connectivity index (χ0n) is 15.0. The molecule has 3 rings (SSSR count). The number of rotatable bonds is 7. The Morgan fingerprint density at radius 1 is 1.12 bits per heavy atom. The second kappa shape index (κ2) is 8.63. The van der Waals surface area contributed by atoms with E-state index in [1.807, 2.05) is 60.0 Å². The summed E-state index contributed by atoms with van der Waals surface area (Å²) >= 11 is 1.63. The normalized spacial score (nSPS) is 10.7. The maximum atomic E-state index is 13.1. The molecule has 134 valence electrons. The lowest BCUT2D eigenvalue weighted by atomic mass is 10.2. The lowest BCUT2D eigenvalue weighted by Gasteiger charge is -2.21. The van der Waals surface area contributed by atoms with E-state index in [0.29, 0.717) is 30.5 Å². The summed E-state index contributed by atoms with van der Waals surface area (Å²) in [6.45, 7) is 5.37. The van der Waals surface area contributed by atoms with Crippen LogP contribution in [0, 0.1) is 5.92 Å². The molecule has 26 heavy (non-hydrogen) atoms. The highest BCUT2D eigenvalue weighted by Crippen LogP contribution is 2.21. The zero-order chi connectivity index (χ0) is 18.4. The first-order chi connectivity index (χ1) is 12.6. The Hall–Kier alpha value is -2.66. The van der Waals surface area contributed by atoms with E-state index in [9.17, 15) is 4.79 Å². The molecule has 0 aliphatic rings. The van der Waals surface area contributed by atoms with E-state index in [-0.39, 0.29) is 5.91 Å². The van der Waals surface area contributed by atoms with Crippen LogP contribution in [0.25, 0.3) is 0 Å². The molecule has 0 unspecified atom stereocenters. The number of hydrogen-bond donors (Lipinski definition) is 0. The van der Waals surface area contributed by atoms with Gasteiger partial charge in [0.25, 0.3) is 5.91 Å². The van der Waals surface area contributed by atoms with Gasteiger partial charge in [0.2, 0.25) is 0 Å². The Kier molecular flexibility index (Phi) is 6.02. The molecule has 0 bridgehead atoms. The molecule has 0 fully saturated rings. The van der Waals surface area contributed by atoms with Crippen LogP contribution in [0.1, 0.15) is 29.1 Å². The highest BCUT2D eigenvalue weighted by Gasteiger charge is 2.19. The van der Waals surface area contributed by atoms with E-state index in [1.54, 1.807) is 22.4 Å². The predicted molar refractivity (Wildman–Crippen MR) is 106 cm³/mol. The zero-order valence-corrected chi connectivity index (χ0v) is 15.8. The number of anilines is 1. The van der Waals surface area contributed by atoms with Crippen LogP contribution in [0.4, 0.5) is 5.82 Å². The molecule has 1 amide bonds. The van der Waals surface area contributed by atoms with Crippen molar-refractivity contribution in [3.63, 3.8) is 0 Å². The summed E-state index contributed by atoms with van der Waals surface area (Å²) in [4.78, 5) is 20.3. The Balaban J connectivity index is 1.80. The van der Waals surface area contributed by atoms with Crippen molar-refractivity contribution in [1.29, 1.82) is 0 Å². The molecule has 1 aromatic carbocycles. The summed E-state index contributed by atoms with van der Waals surface area (Å²) in [5.41, 5.74) is 0.615. The van der Waals surface area contributed by atoms with Gasteiger partial charge in [-0.2, -0.15) is 0 Å². The standard InChI is InChI=1S/C21H22N2O2S/c1-16(2)15-25-18-10-8-17(9-11-18)21(24)23(14-19-6-5-13-26-19)20-7-3-4-12-22-20/h3-13,16H,14-15H2,1-2H3. The Bertz CT molecular complexity index is 815. The van der Waals surface area contributed by atoms with Gasteiger partial charge in [0.1, 0.15) is 11.6 Å². The van der Waals surface area contributed by atoms with Crippen LogP contribution in [0.2, 0.25) is 0 Å². The highest BCUT2D eigenvalue weighted by atomic mass is 32.1. The number of ether oxygens (including phenoxy) is 1. The largest absolute Gasteiger partial charge is 0.493 e. The van der Waals surface area contributed by atoms with Crippen molar-refractivity contribution >= 4 is 23.1 Å². The van der Waals surface area contributed by atoms with Gasteiger partial charge in [-0.05, 0) is 53.8 Å². The molecule has 2 heterocycles. The molecule has 0 aliphatic carbocycles. The fourth-order valence-electron chi connectivity index (χ4n) is 2.44. The molecule has 0 saturated heterocycles. The quantitative estimate of drug-likeness (QED) is 0.589. The van der Waals surface area contributed by atoms with Crippen LogP contribution in [0.5, 0.6) is 5.75 Å². The SMILES string of the molecule is CC(C)COc1ccc(C(=O)N(Cc2cccs2)c2ccccn2)cc1. The van der Waals surface area contributed by atoms with Gasteiger partial charge in [-0.1, -0.05) is 26.0 Å². The molecule has 0 radical (unpaired) electrons. The van der Waals surface area contributed by atoms with Crippen molar-refractivity contribution in [2.45, 2.75) is 20.4 Å².